The van der Waals surface area contributed by atoms with Gasteiger partial charge in [0.05, 0.1) is 20.1 Å². The van der Waals surface area contributed by atoms with Crippen LogP contribution in [0.2, 0.25) is 20.1 Å². The molecule has 0 amide bonds. The van der Waals surface area contributed by atoms with Crippen LogP contribution < -0.4 is 0 Å². The highest BCUT2D eigenvalue weighted by molar-refractivity contribution is 6.52. The number of rotatable bonds is 1. The van der Waals surface area contributed by atoms with Crippen LogP contribution >= 0.6 is 46.4 Å². The van der Waals surface area contributed by atoms with Gasteiger partial charge < -0.3 is 0 Å². The molecule has 2 aromatic carbocycles. The molecule has 0 aromatic heterocycles. The Labute approximate surface area is 114 Å². The van der Waals surface area contributed by atoms with Crippen molar-refractivity contribution >= 4 is 46.4 Å². The number of hydrogen-bond acceptors (Lipinski definition) is 0. The molecule has 16 heavy (non-hydrogen) atoms. The number of benzene rings is 2. The summed E-state index contributed by atoms with van der Waals surface area (Å²) in [6, 6.07) is 12.4. The first kappa shape index (κ1) is 12.1. The van der Waals surface area contributed by atoms with Crippen molar-refractivity contribution in [2.24, 2.45) is 0 Å². The lowest BCUT2D eigenvalue weighted by atomic mass is 10.1. The smallest absolute Gasteiger partial charge is 0.0800 e. The average molecular weight is 291 g/mol. The molecule has 1 radical (unpaired) electrons. The van der Waals surface area contributed by atoms with Gasteiger partial charge in [-0.15, -0.1) is 0 Å². The normalized spacial score (nSPS) is 10.5. The Morgan fingerprint density at radius 1 is 0.750 bits per heavy atom. The predicted octanol–water partition coefficient (Wildman–Crippen LogP) is 5.77. The van der Waals surface area contributed by atoms with Crippen LogP contribution in [-0.4, -0.2) is 0 Å². The standard InChI is InChI=1S/C12H5Cl4/c13-9-6-8(7-4-2-1-3-5-7)10(14)12(16)11(9)15/h1-5H. The predicted molar refractivity (Wildman–Crippen MR) is 70.8 cm³/mol. The minimum absolute atomic E-state index is 0.230. The van der Waals surface area contributed by atoms with E-state index in [1.165, 1.54) is 0 Å². The molecule has 0 nitrogen and oxygen atoms in total. The minimum atomic E-state index is 0.230. The third-order valence-electron chi connectivity index (χ3n) is 2.09. The third-order valence-corrected chi connectivity index (χ3v) is 3.80. The molecule has 0 aliphatic carbocycles. The highest BCUT2D eigenvalue weighted by Crippen LogP contribution is 2.41. The lowest BCUT2D eigenvalue weighted by molar-refractivity contribution is 1.60. The van der Waals surface area contributed by atoms with Crippen molar-refractivity contribution in [2.75, 3.05) is 0 Å². The summed E-state index contributed by atoms with van der Waals surface area (Å²) >= 11 is 23.8. The molecule has 2 rings (SSSR count). The van der Waals surface area contributed by atoms with Crippen LogP contribution in [0.4, 0.5) is 0 Å². The summed E-state index contributed by atoms with van der Waals surface area (Å²) in [7, 11) is 0. The summed E-state index contributed by atoms with van der Waals surface area (Å²) in [4.78, 5) is 0. The largest absolute Gasteiger partial charge is 0.0819 e. The second-order valence-electron chi connectivity index (χ2n) is 3.12. The maximum Gasteiger partial charge on any atom is 0.0800 e. The summed E-state index contributed by atoms with van der Waals surface area (Å²) in [6.07, 6.45) is 0. The van der Waals surface area contributed by atoms with Crippen molar-refractivity contribution in [3.05, 3.63) is 56.5 Å². The fourth-order valence-corrected chi connectivity index (χ4v) is 2.19. The zero-order valence-electron chi connectivity index (χ0n) is 7.90. The summed E-state index contributed by atoms with van der Waals surface area (Å²) in [5.74, 6) is 0. The second kappa shape index (κ2) is 4.85. The summed E-state index contributed by atoms with van der Waals surface area (Å²) in [5, 5.41) is 1.12. The van der Waals surface area contributed by atoms with E-state index >= 15 is 0 Å². The zero-order valence-corrected chi connectivity index (χ0v) is 10.9. The van der Waals surface area contributed by atoms with Gasteiger partial charge in [0.2, 0.25) is 0 Å². The van der Waals surface area contributed by atoms with E-state index < -0.39 is 0 Å². The Morgan fingerprint density at radius 3 is 2.00 bits per heavy atom. The van der Waals surface area contributed by atoms with Crippen molar-refractivity contribution in [3.63, 3.8) is 0 Å². The van der Waals surface area contributed by atoms with Gasteiger partial charge in [0.25, 0.3) is 0 Å². The molecule has 4 heteroatoms. The van der Waals surface area contributed by atoms with Crippen molar-refractivity contribution in [2.45, 2.75) is 0 Å². The molecule has 0 saturated heterocycles. The van der Waals surface area contributed by atoms with Crippen LogP contribution in [0.25, 0.3) is 11.1 Å². The molecule has 0 atom stereocenters. The minimum Gasteiger partial charge on any atom is -0.0819 e. The Morgan fingerprint density at radius 2 is 1.38 bits per heavy atom. The molecule has 0 fully saturated rings. The maximum absolute atomic E-state index is 6.10. The van der Waals surface area contributed by atoms with Crippen LogP contribution in [-0.2, 0) is 0 Å². The van der Waals surface area contributed by atoms with Crippen molar-refractivity contribution in [1.29, 1.82) is 0 Å². The van der Waals surface area contributed by atoms with Gasteiger partial charge in [0.15, 0.2) is 0 Å². The van der Waals surface area contributed by atoms with E-state index in [-0.39, 0.29) is 15.1 Å². The highest BCUT2D eigenvalue weighted by Gasteiger charge is 2.14. The molecule has 2 aromatic rings. The third kappa shape index (κ3) is 2.16. The highest BCUT2D eigenvalue weighted by atomic mass is 35.5. The molecular formula is C12H5Cl4. The van der Waals surface area contributed by atoms with Crippen LogP contribution in [0.5, 0.6) is 0 Å². The Balaban J connectivity index is 2.68. The Bertz CT molecular complexity index is 520. The van der Waals surface area contributed by atoms with Crippen molar-refractivity contribution < 1.29 is 0 Å². The van der Waals surface area contributed by atoms with Crippen molar-refractivity contribution in [3.8, 4) is 11.1 Å². The first-order chi connectivity index (χ1) is 7.61. The van der Waals surface area contributed by atoms with Gasteiger partial charge in [0.1, 0.15) is 0 Å². The van der Waals surface area contributed by atoms with Gasteiger partial charge >= 0.3 is 0 Å². The van der Waals surface area contributed by atoms with Crippen molar-refractivity contribution in [1.82, 2.24) is 0 Å². The van der Waals surface area contributed by atoms with Crippen LogP contribution in [0.3, 0.4) is 0 Å². The van der Waals surface area contributed by atoms with Gasteiger partial charge in [-0.25, -0.2) is 0 Å². The molecular weight excluding hydrogens is 286 g/mol. The average Bonchev–Trinajstić information content (AvgIpc) is 2.32. The molecule has 0 heterocycles. The maximum atomic E-state index is 6.10. The van der Waals surface area contributed by atoms with E-state index in [9.17, 15) is 0 Å². The van der Waals surface area contributed by atoms with E-state index in [0.29, 0.717) is 10.6 Å². The molecule has 0 aliphatic heterocycles. The fraction of sp³-hybridized carbons (Fsp3) is 0. The van der Waals surface area contributed by atoms with Gasteiger partial charge in [-0.3, -0.25) is 0 Å². The van der Waals surface area contributed by atoms with E-state index in [1.54, 1.807) is 0 Å². The number of halogens is 4. The van der Waals surface area contributed by atoms with Crippen LogP contribution in [0, 0.1) is 6.07 Å². The molecule has 81 valence electrons. The monoisotopic (exact) mass is 289 g/mol. The van der Waals surface area contributed by atoms with E-state index in [1.807, 2.05) is 30.3 Å². The Kier molecular flexibility index (Phi) is 3.66. The topological polar surface area (TPSA) is 0 Å². The van der Waals surface area contributed by atoms with Gasteiger partial charge in [-0.05, 0) is 5.56 Å². The first-order valence-corrected chi connectivity index (χ1v) is 5.93. The number of hydrogen-bond donors (Lipinski definition) is 0. The van der Waals surface area contributed by atoms with Gasteiger partial charge in [0, 0.05) is 11.6 Å². The molecule has 0 bridgehead atoms. The van der Waals surface area contributed by atoms with E-state index in [4.69, 9.17) is 46.4 Å². The van der Waals surface area contributed by atoms with Gasteiger partial charge in [-0.1, -0.05) is 76.7 Å². The van der Waals surface area contributed by atoms with Gasteiger partial charge in [-0.2, -0.15) is 0 Å². The fourth-order valence-electron chi connectivity index (χ4n) is 1.33. The summed E-state index contributed by atoms with van der Waals surface area (Å²) < 4.78 is 0. The van der Waals surface area contributed by atoms with Crippen LogP contribution in [0.15, 0.2) is 30.3 Å². The van der Waals surface area contributed by atoms with E-state index in [0.717, 1.165) is 5.56 Å². The second-order valence-corrected chi connectivity index (χ2v) is 4.63. The molecule has 0 N–H and O–H groups in total. The van der Waals surface area contributed by atoms with Crippen LogP contribution in [0.1, 0.15) is 0 Å². The zero-order chi connectivity index (χ0) is 11.7. The molecule has 0 spiro atoms. The summed E-state index contributed by atoms with van der Waals surface area (Å²) in [5.41, 5.74) is 1.55. The molecule has 0 saturated carbocycles. The molecule has 0 aliphatic rings. The lowest BCUT2D eigenvalue weighted by Crippen LogP contribution is -1.83. The lowest BCUT2D eigenvalue weighted by Gasteiger charge is -2.08. The van der Waals surface area contributed by atoms with E-state index in [2.05, 4.69) is 6.07 Å². The molecule has 0 unspecified atom stereocenters. The first-order valence-electron chi connectivity index (χ1n) is 4.42. The summed E-state index contributed by atoms with van der Waals surface area (Å²) in [6.45, 7) is 0. The Hall–Kier alpha value is -0.400. The quantitative estimate of drug-likeness (QED) is 0.462. The SMILES string of the molecule is Clc1[c]c(-c2ccccc2)c(Cl)c(Cl)c1Cl.